The molecule has 2 aliphatic rings. The highest BCUT2D eigenvalue weighted by Gasteiger charge is 2.32. The number of ether oxygens (including phenoxy) is 2. The Morgan fingerprint density at radius 1 is 1.11 bits per heavy atom. The second-order valence-corrected chi connectivity index (χ2v) is 12.8. The average molecular weight is 657 g/mol. The third-order valence-corrected chi connectivity index (χ3v) is 8.75. The van der Waals surface area contributed by atoms with Crippen LogP contribution >= 0.6 is 0 Å². The Balaban J connectivity index is 1.86. The van der Waals surface area contributed by atoms with E-state index in [-0.39, 0.29) is 49.4 Å². The molecule has 0 aromatic heterocycles. The molecule has 1 saturated carbocycles. The van der Waals surface area contributed by atoms with E-state index in [0.29, 0.717) is 30.9 Å². The second kappa shape index (κ2) is 17.7. The highest BCUT2D eigenvalue weighted by Crippen LogP contribution is 2.29. The first-order valence-electron chi connectivity index (χ1n) is 16.5. The van der Waals surface area contributed by atoms with E-state index in [2.05, 4.69) is 10.6 Å². The third kappa shape index (κ3) is 11.9. The van der Waals surface area contributed by atoms with Gasteiger partial charge in [-0.05, 0) is 64.2 Å². The molecule has 0 bridgehead atoms. The number of fused-ring (bicyclic) bond motifs is 1. The number of nitrogens with zero attached hydrogens (tertiary/aromatic N) is 2. The van der Waals surface area contributed by atoms with Crippen LogP contribution < -0.4 is 15.4 Å². The Kier molecular flexibility index (Phi) is 14.4. The fraction of sp³-hybridized carbons (Fsp3) is 0.727. The number of carbonyl (C=O) groups excluding carboxylic acids is 3. The number of anilines is 1. The SMILES string of the molecule is C[C@@H]1CCCCO[C@H](CN(C)C(=O)CCC(F)(F)F)[C@H](C)CN([C@H](C)CO)C(=O)c2cc(NC(=O)NC3CCCCC3)ccc2O1. The summed E-state index contributed by atoms with van der Waals surface area (Å²) in [6.07, 6.45) is 0.193. The number of halogens is 3. The van der Waals surface area contributed by atoms with E-state index >= 15 is 0 Å². The van der Waals surface area contributed by atoms with Gasteiger partial charge in [-0.25, -0.2) is 4.79 Å². The van der Waals surface area contributed by atoms with Gasteiger partial charge in [0.05, 0.1) is 36.8 Å². The first-order chi connectivity index (χ1) is 21.8. The van der Waals surface area contributed by atoms with Gasteiger partial charge in [0, 0.05) is 50.8 Å². The van der Waals surface area contributed by atoms with Gasteiger partial charge in [0.1, 0.15) is 5.75 Å². The van der Waals surface area contributed by atoms with Crippen molar-refractivity contribution in [3.63, 3.8) is 0 Å². The largest absolute Gasteiger partial charge is 0.490 e. The van der Waals surface area contributed by atoms with E-state index in [1.54, 1.807) is 25.1 Å². The minimum atomic E-state index is -4.43. The highest BCUT2D eigenvalue weighted by atomic mass is 19.4. The molecule has 0 spiro atoms. The second-order valence-electron chi connectivity index (χ2n) is 12.8. The van der Waals surface area contributed by atoms with Gasteiger partial charge in [-0.1, -0.05) is 26.2 Å². The number of likely N-dealkylation sites (N-methyl/N-ethyl adjacent to an activating group) is 1. The fourth-order valence-corrected chi connectivity index (χ4v) is 5.87. The minimum absolute atomic E-state index is 0.0493. The molecule has 3 N–H and O–H groups in total. The first-order valence-corrected chi connectivity index (χ1v) is 16.5. The van der Waals surface area contributed by atoms with Crippen molar-refractivity contribution in [2.75, 3.05) is 38.7 Å². The molecular weight excluding hydrogens is 605 g/mol. The molecule has 1 heterocycles. The monoisotopic (exact) mass is 656 g/mol. The molecule has 46 heavy (non-hydrogen) atoms. The summed E-state index contributed by atoms with van der Waals surface area (Å²) in [5.74, 6) is -1.06. The number of urea groups is 1. The Bertz CT molecular complexity index is 1150. The fourth-order valence-electron chi connectivity index (χ4n) is 5.87. The molecule has 4 amide bonds. The Hall–Kier alpha value is -3.06. The van der Waals surface area contributed by atoms with Crippen LogP contribution in [0.1, 0.15) is 95.3 Å². The van der Waals surface area contributed by atoms with Crippen LogP contribution in [-0.4, -0.2) is 96.6 Å². The molecule has 3 rings (SSSR count). The van der Waals surface area contributed by atoms with Gasteiger partial charge in [0.2, 0.25) is 5.91 Å². The molecule has 0 unspecified atom stereocenters. The van der Waals surface area contributed by atoms with E-state index < -0.39 is 43.0 Å². The zero-order valence-corrected chi connectivity index (χ0v) is 27.5. The number of hydrogen-bond acceptors (Lipinski definition) is 6. The Morgan fingerprint density at radius 2 is 1.80 bits per heavy atom. The van der Waals surface area contributed by atoms with Crippen LogP contribution in [0.3, 0.4) is 0 Å². The number of amides is 4. The maximum atomic E-state index is 14.2. The molecule has 260 valence electrons. The predicted molar refractivity (Wildman–Crippen MR) is 169 cm³/mol. The van der Waals surface area contributed by atoms with Crippen LogP contribution in [0.2, 0.25) is 0 Å². The number of nitrogens with one attached hydrogen (secondary N) is 2. The molecule has 13 heteroatoms. The van der Waals surface area contributed by atoms with E-state index in [4.69, 9.17) is 9.47 Å². The van der Waals surface area contributed by atoms with Crippen LogP contribution in [0, 0.1) is 5.92 Å². The first kappa shape index (κ1) is 37.4. The van der Waals surface area contributed by atoms with Crippen molar-refractivity contribution >= 4 is 23.5 Å². The standard InChI is InChI=1S/C33H51F3N4O6/c1-22-19-40(23(2)21-41)31(43)27-18-26(38-32(44)37-25-11-6-5-7-12-25)13-14-28(27)46-24(3)10-8-9-17-45-29(22)20-39(4)30(42)15-16-33(34,35)36/h13-14,18,22-25,29,41H,5-12,15-17,19-21H2,1-4H3,(H2,37,38,44)/t22-,23-,24-,29-/m1/s1. The molecule has 1 fully saturated rings. The molecule has 0 saturated heterocycles. The van der Waals surface area contributed by atoms with Crippen molar-refractivity contribution in [3.05, 3.63) is 23.8 Å². The normalized spacial score (nSPS) is 23.0. The van der Waals surface area contributed by atoms with E-state index in [0.717, 1.165) is 38.5 Å². The van der Waals surface area contributed by atoms with Gasteiger partial charge in [-0.3, -0.25) is 9.59 Å². The number of rotatable bonds is 8. The molecule has 1 aromatic carbocycles. The predicted octanol–water partition coefficient (Wildman–Crippen LogP) is 5.74. The third-order valence-electron chi connectivity index (χ3n) is 8.75. The van der Waals surface area contributed by atoms with Gasteiger partial charge in [0.15, 0.2) is 0 Å². The van der Waals surface area contributed by atoms with Crippen molar-refractivity contribution < 1.29 is 42.1 Å². The van der Waals surface area contributed by atoms with Crippen molar-refractivity contribution in [2.24, 2.45) is 5.92 Å². The lowest BCUT2D eigenvalue weighted by Crippen LogP contribution is -2.48. The number of aliphatic hydroxyl groups is 1. The van der Waals surface area contributed by atoms with Gasteiger partial charge >= 0.3 is 12.2 Å². The van der Waals surface area contributed by atoms with Gasteiger partial charge < -0.3 is 35.0 Å². The topological polar surface area (TPSA) is 120 Å². The Morgan fingerprint density at radius 3 is 2.48 bits per heavy atom. The number of hydrogen-bond donors (Lipinski definition) is 3. The highest BCUT2D eigenvalue weighted by molar-refractivity contribution is 5.99. The van der Waals surface area contributed by atoms with Gasteiger partial charge in [-0.15, -0.1) is 0 Å². The summed E-state index contributed by atoms with van der Waals surface area (Å²) < 4.78 is 50.6. The van der Waals surface area contributed by atoms with E-state index in [1.165, 1.54) is 16.8 Å². The maximum absolute atomic E-state index is 14.2. The van der Waals surface area contributed by atoms with Crippen molar-refractivity contribution in [1.29, 1.82) is 0 Å². The summed E-state index contributed by atoms with van der Waals surface area (Å²) in [6, 6.07) is 4.10. The van der Waals surface area contributed by atoms with Crippen molar-refractivity contribution in [2.45, 2.75) is 115 Å². The maximum Gasteiger partial charge on any atom is 0.389 e. The summed E-state index contributed by atoms with van der Waals surface area (Å²) in [5, 5.41) is 16.0. The lowest BCUT2D eigenvalue weighted by Gasteiger charge is -2.36. The van der Waals surface area contributed by atoms with Crippen LogP contribution in [0.15, 0.2) is 18.2 Å². The summed E-state index contributed by atoms with van der Waals surface area (Å²) in [5.41, 5.74) is 0.645. The average Bonchev–Trinajstić information content (AvgIpc) is 3.01. The van der Waals surface area contributed by atoms with Crippen LogP contribution in [-0.2, 0) is 9.53 Å². The number of alkyl halides is 3. The van der Waals surface area contributed by atoms with E-state index in [1.807, 2.05) is 13.8 Å². The summed E-state index contributed by atoms with van der Waals surface area (Å²) in [4.78, 5) is 42.3. The number of carbonyl (C=O) groups is 3. The van der Waals surface area contributed by atoms with Gasteiger partial charge in [-0.2, -0.15) is 13.2 Å². The van der Waals surface area contributed by atoms with Crippen molar-refractivity contribution in [3.8, 4) is 5.75 Å². The zero-order chi connectivity index (χ0) is 33.9. The zero-order valence-electron chi connectivity index (χ0n) is 27.5. The minimum Gasteiger partial charge on any atom is -0.490 e. The summed E-state index contributed by atoms with van der Waals surface area (Å²) >= 11 is 0. The van der Waals surface area contributed by atoms with Crippen LogP contribution in [0.25, 0.3) is 0 Å². The van der Waals surface area contributed by atoms with Crippen LogP contribution in [0.5, 0.6) is 5.75 Å². The quantitative estimate of drug-likeness (QED) is 0.329. The molecule has 1 aliphatic carbocycles. The summed E-state index contributed by atoms with van der Waals surface area (Å²) in [7, 11) is 1.45. The molecular formula is C33H51F3N4O6. The lowest BCUT2D eigenvalue weighted by molar-refractivity contribution is -0.149. The van der Waals surface area contributed by atoms with Gasteiger partial charge in [0.25, 0.3) is 5.91 Å². The smallest absolute Gasteiger partial charge is 0.389 e. The number of benzene rings is 1. The van der Waals surface area contributed by atoms with Crippen LogP contribution in [0.4, 0.5) is 23.7 Å². The number of aliphatic hydroxyl groups excluding tert-OH is 1. The van der Waals surface area contributed by atoms with Crippen molar-refractivity contribution in [1.82, 2.24) is 15.1 Å². The summed E-state index contributed by atoms with van der Waals surface area (Å²) in [6.45, 7) is 5.68. The molecule has 10 nitrogen and oxygen atoms in total. The molecule has 0 radical (unpaired) electrons. The molecule has 4 atom stereocenters. The molecule has 1 aromatic rings. The lowest BCUT2D eigenvalue weighted by atomic mass is 9.96. The van der Waals surface area contributed by atoms with E-state index in [9.17, 15) is 32.7 Å². The molecule has 1 aliphatic heterocycles. The Labute approximate surface area is 270 Å².